The van der Waals surface area contributed by atoms with Crippen LogP contribution in [0.5, 0.6) is 0 Å². The highest BCUT2D eigenvalue weighted by Crippen LogP contribution is 2.21. The van der Waals surface area contributed by atoms with Gasteiger partial charge in [0, 0.05) is 23.1 Å². The zero-order chi connectivity index (χ0) is 17.6. The van der Waals surface area contributed by atoms with Gasteiger partial charge in [0.25, 0.3) is 0 Å². The van der Waals surface area contributed by atoms with E-state index >= 15 is 0 Å². The van der Waals surface area contributed by atoms with Crippen LogP contribution in [-0.4, -0.2) is 23.9 Å². The maximum atomic E-state index is 12.3. The van der Waals surface area contributed by atoms with E-state index in [1.165, 1.54) is 24.0 Å². The first-order valence-corrected chi connectivity index (χ1v) is 9.37. The minimum Gasteiger partial charge on any atom is -0.352 e. The quantitative estimate of drug-likeness (QED) is 0.807. The van der Waals surface area contributed by atoms with Crippen molar-refractivity contribution in [3.8, 4) is 0 Å². The van der Waals surface area contributed by atoms with Crippen molar-refractivity contribution in [2.75, 3.05) is 13.1 Å². The van der Waals surface area contributed by atoms with Gasteiger partial charge < -0.3 is 5.32 Å². The van der Waals surface area contributed by atoms with Gasteiger partial charge in [-0.3, -0.25) is 9.69 Å². The maximum absolute atomic E-state index is 12.3. The Bertz CT molecular complexity index is 742. The van der Waals surface area contributed by atoms with Crippen LogP contribution in [-0.2, 0) is 24.3 Å². The Morgan fingerprint density at radius 3 is 2.44 bits per heavy atom. The highest BCUT2D eigenvalue weighted by atomic mass is 35.5. The number of rotatable bonds is 6. The topological polar surface area (TPSA) is 32.3 Å². The van der Waals surface area contributed by atoms with E-state index in [4.69, 9.17) is 23.2 Å². The number of benzene rings is 2. The molecule has 132 valence electrons. The van der Waals surface area contributed by atoms with Crippen LogP contribution < -0.4 is 5.32 Å². The van der Waals surface area contributed by atoms with E-state index in [9.17, 15) is 4.79 Å². The Hall–Kier alpha value is -1.55. The molecule has 0 spiro atoms. The summed E-state index contributed by atoms with van der Waals surface area (Å²) in [6.45, 7) is 3.81. The van der Waals surface area contributed by atoms with Gasteiger partial charge in [0.15, 0.2) is 0 Å². The SMILES string of the molecule is O=C(Cc1ccc(Cl)cc1Cl)NCc1ccccc1CN1CCCC1. The number of carbonyl (C=O) groups is 1. The van der Waals surface area contributed by atoms with Crippen molar-refractivity contribution in [3.63, 3.8) is 0 Å². The van der Waals surface area contributed by atoms with Gasteiger partial charge in [0.2, 0.25) is 5.91 Å². The molecule has 0 saturated carbocycles. The van der Waals surface area contributed by atoms with Crippen molar-refractivity contribution in [2.24, 2.45) is 0 Å². The van der Waals surface area contributed by atoms with Gasteiger partial charge in [-0.15, -0.1) is 0 Å². The smallest absolute Gasteiger partial charge is 0.224 e. The van der Waals surface area contributed by atoms with E-state index in [1.54, 1.807) is 18.2 Å². The first-order chi connectivity index (χ1) is 12.1. The summed E-state index contributed by atoms with van der Waals surface area (Å²) in [5.41, 5.74) is 3.24. The zero-order valence-electron chi connectivity index (χ0n) is 14.1. The van der Waals surface area contributed by atoms with E-state index in [-0.39, 0.29) is 12.3 Å². The van der Waals surface area contributed by atoms with Crippen molar-refractivity contribution in [1.29, 1.82) is 0 Å². The van der Waals surface area contributed by atoms with Crippen molar-refractivity contribution in [2.45, 2.75) is 32.4 Å². The Morgan fingerprint density at radius 2 is 1.72 bits per heavy atom. The number of carbonyl (C=O) groups excluding carboxylic acids is 1. The third kappa shape index (κ3) is 5.21. The molecule has 0 aromatic heterocycles. The summed E-state index contributed by atoms with van der Waals surface area (Å²) in [5.74, 6) is -0.0415. The molecule has 0 bridgehead atoms. The fraction of sp³-hybridized carbons (Fsp3) is 0.350. The molecule has 0 atom stereocenters. The van der Waals surface area contributed by atoms with Crippen LogP contribution in [0.2, 0.25) is 10.0 Å². The molecule has 0 aliphatic carbocycles. The second-order valence-electron chi connectivity index (χ2n) is 6.44. The summed E-state index contributed by atoms with van der Waals surface area (Å²) < 4.78 is 0. The van der Waals surface area contributed by atoms with Crippen molar-refractivity contribution in [1.82, 2.24) is 10.2 Å². The molecule has 2 aromatic carbocycles. The monoisotopic (exact) mass is 376 g/mol. The third-order valence-electron chi connectivity index (χ3n) is 4.55. The maximum Gasteiger partial charge on any atom is 0.224 e. The van der Waals surface area contributed by atoms with Gasteiger partial charge in [-0.25, -0.2) is 0 Å². The molecule has 0 unspecified atom stereocenters. The predicted octanol–water partition coefficient (Wildman–Crippen LogP) is 4.45. The number of nitrogens with one attached hydrogen (secondary N) is 1. The minimum absolute atomic E-state index is 0.0415. The highest BCUT2D eigenvalue weighted by Gasteiger charge is 2.14. The molecule has 1 amide bonds. The Morgan fingerprint density at radius 1 is 1.00 bits per heavy atom. The summed E-state index contributed by atoms with van der Waals surface area (Å²) in [5, 5.41) is 4.10. The lowest BCUT2D eigenvalue weighted by atomic mass is 10.1. The summed E-state index contributed by atoms with van der Waals surface area (Å²) in [4.78, 5) is 14.7. The van der Waals surface area contributed by atoms with Gasteiger partial charge in [-0.2, -0.15) is 0 Å². The zero-order valence-corrected chi connectivity index (χ0v) is 15.6. The van der Waals surface area contributed by atoms with Crippen LogP contribution in [0.3, 0.4) is 0 Å². The second-order valence-corrected chi connectivity index (χ2v) is 7.28. The van der Waals surface area contributed by atoms with E-state index in [1.807, 2.05) is 6.07 Å². The lowest BCUT2D eigenvalue weighted by Gasteiger charge is -2.17. The van der Waals surface area contributed by atoms with E-state index in [0.29, 0.717) is 16.6 Å². The fourth-order valence-corrected chi connectivity index (χ4v) is 3.64. The van der Waals surface area contributed by atoms with Gasteiger partial charge in [-0.05, 0) is 54.8 Å². The normalized spacial score (nSPS) is 14.6. The number of halogens is 2. The first-order valence-electron chi connectivity index (χ1n) is 8.61. The van der Waals surface area contributed by atoms with E-state index in [2.05, 4.69) is 28.4 Å². The Labute approximate surface area is 158 Å². The second kappa shape index (κ2) is 8.70. The average Bonchev–Trinajstić information content (AvgIpc) is 3.10. The van der Waals surface area contributed by atoms with Crippen LogP contribution in [0.4, 0.5) is 0 Å². The van der Waals surface area contributed by atoms with E-state index < -0.39 is 0 Å². The molecule has 3 rings (SSSR count). The largest absolute Gasteiger partial charge is 0.352 e. The molecule has 1 saturated heterocycles. The third-order valence-corrected chi connectivity index (χ3v) is 5.14. The average molecular weight is 377 g/mol. The molecular weight excluding hydrogens is 355 g/mol. The van der Waals surface area contributed by atoms with Crippen LogP contribution in [0.25, 0.3) is 0 Å². The summed E-state index contributed by atoms with van der Waals surface area (Å²) in [7, 11) is 0. The number of hydrogen-bond acceptors (Lipinski definition) is 2. The molecule has 25 heavy (non-hydrogen) atoms. The Balaban J connectivity index is 1.58. The minimum atomic E-state index is -0.0415. The van der Waals surface area contributed by atoms with Gasteiger partial charge in [0.05, 0.1) is 6.42 Å². The Kier molecular flexibility index (Phi) is 6.35. The summed E-state index contributed by atoms with van der Waals surface area (Å²) in [6.07, 6.45) is 2.81. The molecule has 1 fully saturated rings. The number of nitrogens with zero attached hydrogens (tertiary/aromatic N) is 1. The lowest BCUT2D eigenvalue weighted by Crippen LogP contribution is -2.26. The lowest BCUT2D eigenvalue weighted by molar-refractivity contribution is -0.120. The van der Waals surface area contributed by atoms with Gasteiger partial charge in [-0.1, -0.05) is 53.5 Å². The van der Waals surface area contributed by atoms with Crippen LogP contribution in [0.1, 0.15) is 29.5 Å². The molecule has 1 aliphatic heterocycles. The van der Waals surface area contributed by atoms with Crippen LogP contribution >= 0.6 is 23.2 Å². The van der Waals surface area contributed by atoms with Crippen molar-refractivity contribution < 1.29 is 4.79 Å². The molecule has 0 radical (unpaired) electrons. The molecule has 2 aromatic rings. The number of amides is 1. The van der Waals surface area contributed by atoms with Crippen molar-refractivity contribution in [3.05, 3.63) is 69.2 Å². The number of hydrogen-bond donors (Lipinski definition) is 1. The summed E-state index contributed by atoms with van der Waals surface area (Å²) in [6, 6.07) is 13.5. The van der Waals surface area contributed by atoms with Gasteiger partial charge >= 0.3 is 0 Å². The molecule has 1 heterocycles. The van der Waals surface area contributed by atoms with Crippen molar-refractivity contribution >= 4 is 29.1 Å². The highest BCUT2D eigenvalue weighted by molar-refractivity contribution is 6.35. The van der Waals surface area contributed by atoms with Crippen LogP contribution in [0, 0.1) is 0 Å². The first kappa shape index (κ1) is 18.2. The standard InChI is InChI=1S/C20H22Cl2N2O/c21-18-8-7-15(19(22)12-18)11-20(25)23-13-16-5-1-2-6-17(16)14-24-9-3-4-10-24/h1-2,5-8,12H,3-4,9-11,13-14H2,(H,23,25). The molecule has 5 heteroatoms. The van der Waals surface area contributed by atoms with Gasteiger partial charge in [0.1, 0.15) is 0 Å². The number of likely N-dealkylation sites (tertiary alicyclic amines) is 1. The summed E-state index contributed by atoms with van der Waals surface area (Å²) >= 11 is 12.0. The predicted molar refractivity (Wildman–Crippen MR) is 103 cm³/mol. The molecular formula is C20H22Cl2N2O. The molecule has 3 nitrogen and oxygen atoms in total. The molecule has 1 aliphatic rings. The molecule has 1 N–H and O–H groups in total. The van der Waals surface area contributed by atoms with E-state index in [0.717, 1.165) is 25.2 Å². The van der Waals surface area contributed by atoms with Crippen LogP contribution in [0.15, 0.2) is 42.5 Å². The fourth-order valence-electron chi connectivity index (χ4n) is 3.16.